The van der Waals surface area contributed by atoms with Crippen LogP contribution in [0, 0.1) is 18.7 Å². The van der Waals surface area contributed by atoms with Gasteiger partial charge in [0.05, 0.1) is 0 Å². The van der Waals surface area contributed by atoms with Crippen LogP contribution < -0.4 is 0 Å². The molecule has 0 aromatic heterocycles. The summed E-state index contributed by atoms with van der Waals surface area (Å²) in [5.41, 5.74) is 0.963. The van der Waals surface area contributed by atoms with E-state index in [1.165, 1.54) is 44.2 Å². The largest absolute Gasteiger partial charge is 0.207 e. The minimum Gasteiger partial charge on any atom is -0.207 e. The molecule has 0 unspecified atom stereocenters. The summed E-state index contributed by atoms with van der Waals surface area (Å²) in [5.74, 6) is 0.874. The summed E-state index contributed by atoms with van der Waals surface area (Å²) in [6.07, 6.45) is 7.44. The first-order valence-corrected chi connectivity index (χ1v) is 5.90. The molecule has 0 bridgehead atoms. The minimum absolute atomic E-state index is 0.162. The molecule has 1 aromatic carbocycles. The Hall–Kier alpha value is -0.850. The van der Waals surface area contributed by atoms with E-state index < -0.39 is 0 Å². The quantitative estimate of drug-likeness (QED) is 0.578. The number of hydrogen-bond acceptors (Lipinski definition) is 0. The Morgan fingerprint density at radius 2 is 1.80 bits per heavy atom. The third-order valence-electron chi connectivity index (χ3n) is 2.87. The van der Waals surface area contributed by atoms with Crippen LogP contribution in [0.3, 0.4) is 0 Å². The summed E-state index contributed by atoms with van der Waals surface area (Å²) in [6, 6.07) is 6.50. The first-order chi connectivity index (χ1) is 7.18. The third-order valence-corrected chi connectivity index (χ3v) is 2.87. The lowest BCUT2D eigenvalue weighted by molar-refractivity contribution is 0.385. The van der Waals surface area contributed by atoms with Crippen LogP contribution in [-0.2, 0) is 0 Å². The van der Waals surface area contributed by atoms with Crippen LogP contribution in [0.1, 0.15) is 44.6 Å². The topological polar surface area (TPSA) is 0 Å². The van der Waals surface area contributed by atoms with Gasteiger partial charge in [0.2, 0.25) is 0 Å². The van der Waals surface area contributed by atoms with Crippen molar-refractivity contribution in [1.29, 1.82) is 0 Å². The van der Waals surface area contributed by atoms with Gasteiger partial charge >= 0.3 is 0 Å². The lowest BCUT2D eigenvalue weighted by Crippen LogP contribution is -1.99. The number of benzene rings is 1. The van der Waals surface area contributed by atoms with E-state index in [9.17, 15) is 4.39 Å². The predicted molar refractivity (Wildman–Crippen MR) is 63.4 cm³/mol. The monoisotopic (exact) mass is 208 g/mol. The molecule has 0 heterocycles. The SMILES string of the molecule is CC1CCCCC1.Cc1cccc(F)c1. The standard InChI is InChI=1S/C7H7F.C7H14/c1-6-3-2-4-7(8)5-6;1-7-5-3-2-4-6-7/h2-5H,1H3;7H,2-6H2,1H3. The molecule has 0 radical (unpaired) electrons. The molecule has 0 saturated heterocycles. The Labute approximate surface area is 92.5 Å². The molecule has 1 aliphatic rings. The molecule has 1 saturated carbocycles. The molecule has 1 heteroatoms. The normalized spacial score (nSPS) is 16.7. The fourth-order valence-electron chi connectivity index (χ4n) is 1.91. The fourth-order valence-corrected chi connectivity index (χ4v) is 1.91. The van der Waals surface area contributed by atoms with Crippen molar-refractivity contribution in [3.63, 3.8) is 0 Å². The van der Waals surface area contributed by atoms with E-state index in [2.05, 4.69) is 6.92 Å². The van der Waals surface area contributed by atoms with E-state index in [0.717, 1.165) is 11.5 Å². The average Bonchev–Trinajstić information content (AvgIpc) is 2.19. The van der Waals surface area contributed by atoms with E-state index in [1.54, 1.807) is 6.07 Å². The Morgan fingerprint density at radius 1 is 1.13 bits per heavy atom. The molecule has 15 heavy (non-hydrogen) atoms. The predicted octanol–water partition coefficient (Wildman–Crippen LogP) is 4.72. The van der Waals surface area contributed by atoms with Crippen molar-refractivity contribution in [2.24, 2.45) is 5.92 Å². The first-order valence-electron chi connectivity index (χ1n) is 5.90. The fraction of sp³-hybridized carbons (Fsp3) is 0.571. The molecule has 0 aliphatic heterocycles. The van der Waals surface area contributed by atoms with E-state index in [0.29, 0.717) is 0 Å². The van der Waals surface area contributed by atoms with Crippen molar-refractivity contribution in [2.75, 3.05) is 0 Å². The van der Waals surface area contributed by atoms with Crippen LogP contribution in [0.15, 0.2) is 24.3 Å². The summed E-state index contributed by atoms with van der Waals surface area (Å²) in [5, 5.41) is 0. The van der Waals surface area contributed by atoms with Crippen molar-refractivity contribution in [1.82, 2.24) is 0 Å². The molecular formula is C14H21F. The average molecular weight is 208 g/mol. The molecule has 2 rings (SSSR count). The van der Waals surface area contributed by atoms with E-state index in [-0.39, 0.29) is 5.82 Å². The van der Waals surface area contributed by atoms with Gasteiger partial charge in [0.25, 0.3) is 0 Å². The molecule has 0 nitrogen and oxygen atoms in total. The van der Waals surface area contributed by atoms with Crippen molar-refractivity contribution < 1.29 is 4.39 Å². The van der Waals surface area contributed by atoms with E-state index >= 15 is 0 Å². The van der Waals surface area contributed by atoms with Crippen LogP contribution >= 0.6 is 0 Å². The van der Waals surface area contributed by atoms with Crippen molar-refractivity contribution in [2.45, 2.75) is 46.0 Å². The van der Waals surface area contributed by atoms with Gasteiger partial charge < -0.3 is 0 Å². The number of halogens is 1. The Bertz CT molecular complexity index is 257. The highest BCUT2D eigenvalue weighted by atomic mass is 19.1. The second-order valence-electron chi connectivity index (χ2n) is 4.54. The first kappa shape index (κ1) is 12.2. The molecular weight excluding hydrogens is 187 g/mol. The molecule has 1 aliphatic carbocycles. The summed E-state index contributed by atoms with van der Waals surface area (Å²) in [6.45, 7) is 4.22. The van der Waals surface area contributed by atoms with Crippen LogP contribution in [-0.4, -0.2) is 0 Å². The van der Waals surface area contributed by atoms with Crippen molar-refractivity contribution in [3.05, 3.63) is 35.6 Å². The van der Waals surface area contributed by atoms with Gasteiger partial charge in [-0.25, -0.2) is 4.39 Å². The van der Waals surface area contributed by atoms with Crippen LogP contribution in [0.2, 0.25) is 0 Å². The highest BCUT2D eigenvalue weighted by Gasteiger charge is 2.05. The van der Waals surface area contributed by atoms with Crippen LogP contribution in [0.25, 0.3) is 0 Å². The Morgan fingerprint density at radius 3 is 2.13 bits per heavy atom. The summed E-state index contributed by atoms with van der Waals surface area (Å²) in [7, 11) is 0. The van der Waals surface area contributed by atoms with E-state index in [1.807, 2.05) is 13.0 Å². The minimum atomic E-state index is -0.162. The van der Waals surface area contributed by atoms with E-state index in [4.69, 9.17) is 0 Å². The number of rotatable bonds is 0. The summed E-state index contributed by atoms with van der Waals surface area (Å²) >= 11 is 0. The zero-order valence-corrected chi connectivity index (χ0v) is 9.80. The Balaban J connectivity index is 0.000000151. The summed E-state index contributed by atoms with van der Waals surface area (Å²) in [4.78, 5) is 0. The van der Waals surface area contributed by atoms with Gasteiger partial charge in [-0.3, -0.25) is 0 Å². The van der Waals surface area contributed by atoms with Gasteiger partial charge in [0.1, 0.15) is 5.82 Å². The number of hydrogen-bond donors (Lipinski definition) is 0. The second kappa shape index (κ2) is 6.60. The molecule has 1 fully saturated rings. The van der Waals surface area contributed by atoms with Gasteiger partial charge in [-0.05, 0) is 30.5 Å². The van der Waals surface area contributed by atoms with Gasteiger partial charge in [-0.1, -0.05) is 51.2 Å². The zero-order chi connectivity index (χ0) is 11.1. The van der Waals surface area contributed by atoms with Crippen molar-refractivity contribution in [3.8, 4) is 0 Å². The molecule has 0 N–H and O–H groups in total. The Kier molecular flexibility index (Phi) is 5.38. The maximum Gasteiger partial charge on any atom is 0.123 e. The van der Waals surface area contributed by atoms with Crippen molar-refractivity contribution >= 4 is 0 Å². The highest BCUT2D eigenvalue weighted by Crippen LogP contribution is 2.22. The van der Waals surface area contributed by atoms with Gasteiger partial charge in [0.15, 0.2) is 0 Å². The van der Waals surface area contributed by atoms with Gasteiger partial charge in [-0.2, -0.15) is 0 Å². The van der Waals surface area contributed by atoms with Gasteiger partial charge in [0, 0.05) is 0 Å². The van der Waals surface area contributed by atoms with Crippen LogP contribution in [0.5, 0.6) is 0 Å². The summed E-state index contributed by atoms with van der Waals surface area (Å²) < 4.78 is 12.2. The highest BCUT2D eigenvalue weighted by molar-refractivity contribution is 5.13. The molecule has 0 amide bonds. The molecule has 84 valence electrons. The third kappa shape index (κ3) is 5.56. The lowest BCUT2D eigenvalue weighted by atomic mass is 9.91. The maximum atomic E-state index is 12.2. The van der Waals surface area contributed by atoms with Crippen LogP contribution in [0.4, 0.5) is 4.39 Å². The lowest BCUT2D eigenvalue weighted by Gasteiger charge is -2.15. The molecule has 0 spiro atoms. The molecule has 0 atom stereocenters. The maximum absolute atomic E-state index is 12.2. The second-order valence-corrected chi connectivity index (χ2v) is 4.54. The van der Waals surface area contributed by atoms with Gasteiger partial charge in [-0.15, -0.1) is 0 Å². The zero-order valence-electron chi connectivity index (χ0n) is 9.80. The smallest absolute Gasteiger partial charge is 0.123 e. The number of aryl methyl sites for hydroxylation is 1. The molecule has 1 aromatic rings.